The first-order chi connectivity index (χ1) is 6.15. The molecule has 0 bridgehead atoms. The Balaban J connectivity index is 2.42. The third-order valence-corrected chi connectivity index (χ3v) is 2.24. The third kappa shape index (κ3) is 3.25. The third-order valence-electron chi connectivity index (χ3n) is 2.24. The first-order valence-electron chi connectivity index (χ1n) is 5.21. The van der Waals surface area contributed by atoms with E-state index < -0.39 is 0 Å². The molecule has 0 saturated heterocycles. The molecule has 3 heteroatoms. The van der Waals surface area contributed by atoms with Crippen LogP contribution in [0.25, 0.3) is 0 Å². The number of hydrogen-bond donors (Lipinski definition) is 1. The zero-order valence-corrected chi connectivity index (χ0v) is 8.95. The number of nitrogens with two attached hydrogens (primary N) is 1. The van der Waals surface area contributed by atoms with Crippen molar-refractivity contribution in [3.05, 3.63) is 0 Å². The molecule has 0 aromatic heterocycles. The molecule has 0 radical (unpaired) electrons. The molecule has 1 saturated carbocycles. The van der Waals surface area contributed by atoms with E-state index in [1.54, 1.807) is 0 Å². The first-order valence-corrected chi connectivity index (χ1v) is 5.21. The summed E-state index contributed by atoms with van der Waals surface area (Å²) in [5.41, 5.74) is 5.89. The Morgan fingerprint density at radius 2 is 2.15 bits per heavy atom. The lowest BCUT2D eigenvalue weighted by Crippen LogP contribution is -2.39. The zero-order valence-electron chi connectivity index (χ0n) is 8.95. The van der Waals surface area contributed by atoms with E-state index in [-0.39, 0.29) is 0 Å². The highest BCUT2D eigenvalue weighted by molar-refractivity contribution is 5.78. The van der Waals surface area contributed by atoms with E-state index in [4.69, 9.17) is 5.73 Å². The van der Waals surface area contributed by atoms with Gasteiger partial charge < -0.3 is 10.6 Å². The molecule has 13 heavy (non-hydrogen) atoms. The summed E-state index contributed by atoms with van der Waals surface area (Å²) < 4.78 is 0. The van der Waals surface area contributed by atoms with E-state index in [9.17, 15) is 0 Å². The topological polar surface area (TPSA) is 41.6 Å². The Labute approximate surface area is 81.0 Å². The molecule has 0 aromatic rings. The van der Waals surface area contributed by atoms with E-state index in [1.165, 1.54) is 12.8 Å². The van der Waals surface area contributed by atoms with E-state index in [1.807, 2.05) is 0 Å². The number of hydrogen-bond acceptors (Lipinski definition) is 1. The normalized spacial score (nSPS) is 18.0. The van der Waals surface area contributed by atoms with Gasteiger partial charge in [0.25, 0.3) is 0 Å². The molecular formula is C10H21N3. The molecule has 0 atom stereocenters. The second-order valence-electron chi connectivity index (χ2n) is 4.11. The Morgan fingerprint density at radius 1 is 1.54 bits per heavy atom. The number of aliphatic imine (C=N–C) groups is 1. The molecule has 0 aromatic carbocycles. The summed E-state index contributed by atoms with van der Waals surface area (Å²) in [5.74, 6) is 1.33. The minimum atomic E-state index is 0.594. The van der Waals surface area contributed by atoms with Crippen molar-refractivity contribution in [2.75, 3.05) is 13.1 Å². The first kappa shape index (κ1) is 10.4. The van der Waals surface area contributed by atoms with Crippen LogP contribution < -0.4 is 5.73 Å². The second kappa shape index (κ2) is 4.49. The van der Waals surface area contributed by atoms with Crippen molar-refractivity contribution in [2.24, 2.45) is 16.6 Å². The number of rotatable bonds is 4. The molecule has 1 rings (SSSR count). The molecular weight excluding hydrogens is 162 g/mol. The summed E-state index contributed by atoms with van der Waals surface area (Å²) in [6.07, 6.45) is 2.57. The summed E-state index contributed by atoms with van der Waals surface area (Å²) in [7, 11) is 0. The van der Waals surface area contributed by atoms with E-state index in [0.717, 1.165) is 19.0 Å². The highest BCUT2D eigenvalue weighted by atomic mass is 15.3. The van der Waals surface area contributed by atoms with Crippen LogP contribution in [-0.4, -0.2) is 30.0 Å². The minimum Gasteiger partial charge on any atom is -0.370 e. The Hall–Kier alpha value is -0.730. The van der Waals surface area contributed by atoms with Crippen LogP contribution in [0.1, 0.15) is 33.6 Å². The van der Waals surface area contributed by atoms with Crippen LogP contribution in [0.3, 0.4) is 0 Å². The minimum absolute atomic E-state index is 0.594. The van der Waals surface area contributed by atoms with Crippen molar-refractivity contribution in [1.29, 1.82) is 0 Å². The van der Waals surface area contributed by atoms with Crippen LogP contribution in [0.15, 0.2) is 4.99 Å². The SMILES string of the molecule is CCN(C(N)=NCC(C)C)C1CC1. The molecule has 0 unspecified atom stereocenters. The molecule has 1 fully saturated rings. The summed E-state index contributed by atoms with van der Waals surface area (Å²) in [6.45, 7) is 8.28. The maximum absolute atomic E-state index is 5.89. The van der Waals surface area contributed by atoms with Gasteiger partial charge in [0.2, 0.25) is 0 Å². The molecule has 0 amide bonds. The molecule has 0 heterocycles. The summed E-state index contributed by atoms with van der Waals surface area (Å²) in [5, 5.41) is 0. The van der Waals surface area contributed by atoms with E-state index in [0.29, 0.717) is 12.0 Å². The van der Waals surface area contributed by atoms with Gasteiger partial charge >= 0.3 is 0 Å². The molecule has 76 valence electrons. The lowest BCUT2D eigenvalue weighted by atomic mass is 10.2. The second-order valence-corrected chi connectivity index (χ2v) is 4.11. The lowest BCUT2D eigenvalue weighted by molar-refractivity contribution is 0.423. The van der Waals surface area contributed by atoms with Gasteiger partial charge in [-0.3, -0.25) is 4.99 Å². The van der Waals surface area contributed by atoms with Crippen molar-refractivity contribution < 1.29 is 0 Å². The van der Waals surface area contributed by atoms with Crippen molar-refractivity contribution >= 4 is 5.96 Å². The molecule has 1 aliphatic carbocycles. The lowest BCUT2D eigenvalue weighted by Gasteiger charge is -2.21. The van der Waals surface area contributed by atoms with Gasteiger partial charge in [0, 0.05) is 19.1 Å². The van der Waals surface area contributed by atoms with Crippen molar-refractivity contribution in [3.8, 4) is 0 Å². The van der Waals surface area contributed by atoms with Crippen LogP contribution in [0.4, 0.5) is 0 Å². The predicted molar refractivity (Wildman–Crippen MR) is 56.7 cm³/mol. The average Bonchev–Trinajstić information content (AvgIpc) is 2.86. The fourth-order valence-electron chi connectivity index (χ4n) is 1.36. The Morgan fingerprint density at radius 3 is 2.54 bits per heavy atom. The summed E-state index contributed by atoms with van der Waals surface area (Å²) >= 11 is 0. The standard InChI is InChI=1S/C10H21N3/c1-4-13(9-5-6-9)10(11)12-7-8(2)3/h8-9H,4-7H2,1-3H3,(H2,11,12). The van der Waals surface area contributed by atoms with Gasteiger partial charge in [0.1, 0.15) is 0 Å². The molecule has 1 aliphatic rings. The van der Waals surface area contributed by atoms with E-state index in [2.05, 4.69) is 30.7 Å². The maximum atomic E-state index is 5.89. The molecule has 0 aliphatic heterocycles. The van der Waals surface area contributed by atoms with E-state index >= 15 is 0 Å². The van der Waals surface area contributed by atoms with Gasteiger partial charge in [0.15, 0.2) is 5.96 Å². The van der Waals surface area contributed by atoms with Crippen LogP contribution >= 0.6 is 0 Å². The van der Waals surface area contributed by atoms with Gasteiger partial charge in [0.05, 0.1) is 0 Å². The molecule has 3 nitrogen and oxygen atoms in total. The van der Waals surface area contributed by atoms with Gasteiger partial charge in [-0.05, 0) is 25.7 Å². The van der Waals surface area contributed by atoms with Gasteiger partial charge in [-0.2, -0.15) is 0 Å². The van der Waals surface area contributed by atoms with Crippen LogP contribution in [0.2, 0.25) is 0 Å². The monoisotopic (exact) mass is 183 g/mol. The quantitative estimate of drug-likeness (QED) is 0.529. The van der Waals surface area contributed by atoms with Crippen LogP contribution in [0.5, 0.6) is 0 Å². The average molecular weight is 183 g/mol. The summed E-state index contributed by atoms with van der Waals surface area (Å²) in [4.78, 5) is 6.59. The zero-order chi connectivity index (χ0) is 9.84. The van der Waals surface area contributed by atoms with Gasteiger partial charge in [-0.25, -0.2) is 0 Å². The fraction of sp³-hybridized carbons (Fsp3) is 0.900. The largest absolute Gasteiger partial charge is 0.370 e. The molecule has 2 N–H and O–H groups in total. The van der Waals surface area contributed by atoms with Gasteiger partial charge in [-0.1, -0.05) is 13.8 Å². The highest BCUT2D eigenvalue weighted by Gasteiger charge is 2.28. The van der Waals surface area contributed by atoms with Crippen molar-refractivity contribution in [1.82, 2.24) is 4.90 Å². The highest BCUT2D eigenvalue weighted by Crippen LogP contribution is 2.26. The summed E-state index contributed by atoms with van der Waals surface area (Å²) in [6, 6.07) is 0.681. The smallest absolute Gasteiger partial charge is 0.191 e. The molecule has 0 spiro atoms. The van der Waals surface area contributed by atoms with Gasteiger partial charge in [-0.15, -0.1) is 0 Å². The Bertz CT molecular complexity index is 183. The van der Waals surface area contributed by atoms with Crippen LogP contribution in [0, 0.1) is 5.92 Å². The maximum Gasteiger partial charge on any atom is 0.191 e. The fourth-order valence-corrected chi connectivity index (χ4v) is 1.36. The van der Waals surface area contributed by atoms with Crippen molar-refractivity contribution in [2.45, 2.75) is 39.7 Å². The predicted octanol–water partition coefficient (Wildman–Crippen LogP) is 1.44. The number of nitrogens with zero attached hydrogens (tertiary/aromatic N) is 2. The van der Waals surface area contributed by atoms with Crippen molar-refractivity contribution in [3.63, 3.8) is 0 Å². The Kier molecular flexibility index (Phi) is 3.58. The van der Waals surface area contributed by atoms with Crippen LogP contribution in [-0.2, 0) is 0 Å². The number of guanidine groups is 1.